The monoisotopic (exact) mass is 291 g/mol. The zero-order valence-electron chi connectivity index (χ0n) is 6.04. The van der Waals surface area contributed by atoms with Gasteiger partial charge in [0.2, 0.25) is 0 Å². The summed E-state index contributed by atoms with van der Waals surface area (Å²) in [6.07, 6.45) is 0. The molecular weight excluding hydrogens is 285 g/mol. The van der Waals surface area contributed by atoms with Gasteiger partial charge in [-0.15, -0.1) is 11.3 Å². The van der Waals surface area contributed by atoms with Crippen molar-refractivity contribution < 1.29 is 5.11 Å². The number of phenols is 1. The Hall–Kier alpha value is -0.490. The molecule has 2 nitrogen and oxygen atoms in total. The average molecular weight is 291 g/mol. The second-order valence-electron chi connectivity index (χ2n) is 2.45. The minimum Gasteiger partial charge on any atom is -0.507 e. The van der Waals surface area contributed by atoms with Crippen molar-refractivity contribution in [3.05, 3.63) is 21.1 Å². The smallest absolute Gasteiger partial charge is 0.125 e. The molecule has 0 radical (unpaired) electrons. The van der Waals surface area contributed by atoms with E-state index in [1.807, 2.05) is 11.4 Å². The summed E-state index contributed by atoms with van der Waals surface area (Å²) in [5.41, 5.74) is 6.59. The van der Waals surface area contributed by atoms with Gasteiger partial charge in [0.15, 0.2) is 0 Å². The number of fused-ring (bicyclic) bond motifs is 1. The van der Waals surface area contributed by atoms with Crippen LogP contribution in [0.25, 0.3) is 10.1 Å². The first-order valence-electron chi connectivity index (χ1n) is 3.34. The Bertz CT molecular complexity index is 438. The lowest BCUT2D eigenvalue weighted by Crippen LogP contribution is -1.88. The predicted octanol–water partition coefficient (Wildman–Crippen LogP) is 2.79. The quantitative estimate of drug-likeness (QED) is 0.445. The van der Waals surface area contributed by atoms with Crippen molar-refractivity contribution in [1.82, 2.24) is 0 Å². The molecule has 0 atom stereocenters. The van der Waals surface area contributed by atoms with Crippen molar-refractivity contribution in [3.63, 3.8) is 0 Å². The van der Waals surface area contributed by atoms with Gasteiger partial charge in [0.25, 0.3) is 0 Å². The lowest BCUT2D eigenvalue weighted by Gasteiger charge is -2.01. The van der Waals surface area contributed by atoms with E-state index in [9.17, 15) is 5.11 Å². The maximum Gasteiger partial charge on any atom is 0.125 e. The summed E-state index contributed by atoms with van der Waals surface area (Å²) in [7, 11) is 0. The van der Waals surface area contributed by atoms with Gasteiger partial charge in [0, 0.05) is 8.96 Å². The van der Waals surface area contributed by atoms with Crippen molar-refractivity contribution in [2.24, 2.45) is 0 Å². The Labute approximate surface area is 87.1 Å². The lowest BCUT2D eigenvalue weighted by molar-refractivity contribution is 0.481. The van der Waals surface area contributed by atoms with Gasteiger partial charge in [-0.25, -0.2) is 0 Å². The van der Waals surface area contributed by atoms with E-state index in [0.29, 0.717) is 5.75 Å². The third-order valence-corrected chi connectivity index (χ3v) is 3.55. The van der Waals surface area contributed by atoms with Gasteiger partial charge in [0.1, 0.15) is 5.75 Å². The minimum atomic E-state index is 0.310. The van der Waals surface area contributed by atoms with Crippen LogP contribution in [0.5, 0.6) is 5.75 Å². The first-order chi connectivity index (χ1) is 5.70. The van der Waals surface area contributed by atoms with Gasteiger partial charge in [-0.3, -0.25) is 0 Å². The van der Waals surface area contributed by atoms with Crippen LogP contribution in [-0.2, 0) is 0 Å². The average Bonchev–Trinajstić information content (AvgIpc) is 2.48. The first kappa shape index (κ1) is 8.12. The molecule has 0 saturated heterocycles. The van der Waals surface area contributed by atoms with Crippen LogP contribution in [0.1, 0.15) is 0 Å². The molecule has 2 aromatic rings. The fourth-order valence-electron chi connectivity index (χ4n) is 1.10. The van der Waals surface area contributed by atoms with E-state index in [4.69, 9.17) is 5.73 Å². The largest absolute Gasteiger partial charge is 0.507 e. The Morgan fingerprint density at radius 3 is 3.00 bits per heavy atom. The zero-order chi connectivity index (χ0) is 8.72. The Kier molecular flexibility index (Phi) is 1.88. The fraction of sp³-hybridized carbons (Fsp3) is 0. The van der Waals surface area contributed by atoms with E-state index in [1.165, 1.54) is 0 Å². The summed E-state index contributed by atoms with van der Waals surface area (Å²) < 4.78 is 1.87. The van der Waals surface area contributed by atoms with Crippen molar-refractivity contribution >= 4 is 49.7 Å². The molecular formula is C8H6INOS. The number of nitrogen functional groups attached to an aromatic ring is 1. The number of nitrogens with two attached hydrogens (primary N) is 1. The Balaban J connectivity index is 2.97. The molecule has 1 heterocycles. The molecule has 0 aliphatic carbocycles. The Morgan fingerprint density at radius 2 is 2.25 bits per heavy atom. The number of hydrogen-bond donors (Lipinski definition) is 2. The van der Waals surface area contributed by atoms with Crippen molar-refractivity contribution in [3.8, 4) is 5.75 Å². The summed E-state index contributed by atoms with van der Waals surface area (Å²) in [6.45, 7) is 0. The molecule has 4 heteroatoms. The van der Waals surface area contributed by atoms with Crippen LogP contribution >= 0.6 is 33.9 Å². The molecule has 3 N–H and O–H groups in total. The van der Waals surface area contributed by atoms with Crippen LogP contribution in [0.4, 0.5) is 5.69 Å². The molecule has 0 spiro atoms. The van der Waals surface area contributed by atoms with E-state index >= 15 is 0 Å². The van der Waals surface area contributed by atoms with E-state index < -0.39 is 0 Å². The number of phenolic OH excluding ortho intramolecular Hbond substituents is 1. The van der Waals surface area contributed by atoms with Crippen LogP contribution in [0.2, 0.25) is 0 Å². The molecule has 0 fully saturated rings. The normalized spacial score (nSPS) is 10.8. The highest BCUT2D eigenvalue weighted by Crippen LogP contribution is 2.36. The zero-order valence-corrected chi connectivity index (χ0v) is 9.02. The van der Waals surface area contributed by atoms with Gasteiger partial charge < -0.3 is 10.8 Å². The number of hydrogen-bond acceptors (Lipinski definition) is 3. The number of halogens is 1. The van der Waals surface area contributed by atoms with Crippen molar-refractivity contribution in [2.45, 2.75) is 0 Å². The highest BCUT2D eigenvalue weighted by molar-refractivity contribution is 14.1. The molecule has 0 saturated carbocycles. The van der Waals surface area contributed by atoms with Gasteiger partial charge in [-0.2, -0.15) is 0 Å². The van der Waals surface area contributed by atoms with Gasteiger partial charge >= 0.3 is 0 Å². The number of thiophene rings is 1. The lowest BCUT2D eigenvalue weighted by atomic mass is 10.2. The van der Waals surface area contributed by atoms with E-state index in [-0.39, 0.29) is 0 Å². The Morgan fingerprint density at radius 1 is 1.50 bits per heavy atom. The molecule has 0 aliphatic rings. The first-order valence-corrected chi connectivity index (χ1v) is 5.30. The van der Waals surface area contributed by atoms with Crippen LogP contribution < -0.4 is 5.73 Å². The summed E-state index contributed by atoms with van der Waals surface area (Å²) >= 11 is 3.67. The number of rotatable bonds is 0. The number of aromatic hydroxyl groups is 1. The SMILES string of the molecule is Nc1c(I)cc(O)c2ccsc12. The topological polar surface area (TPSA) is 46.2 Å². The molecule has 2 rings (SSSR count). The molecule has 1 aromatic heterocycles. The minimum absolute atomic E-state index is 0.310. The number of benzene rings is 1. The second-order valence-corrected chi connectivity index (χ2v) is 4.53. The van der Waals surface area contributed by atoms with Crippen LogP contribution in [0, 0.1) is 3.57 Å². The van der Waals surface area contributed by atoms with Crippen LogP contribution in [0.3, 0.4) is 0 Å². The molecule has 12 heavy (non-hydrogen) atoms. The highest BCUT2D eigenvalue weighted by atomic mass is 127. The highest BCUT2D eigenvalue weighted by Gasteiger charge is 2.07. The summed E-state index contributed by atoms with van der Waals surface area (Å²) in [4.78, 5) is 0. The summed E-state index contributed by atoms with van der Waals surface area (Å²) in [5, 5.41) is 12.3. The maximum atomic E-state index is 9.51. The molecule has 0 aliphatic heterocycles. The third-order valence-electron chi connectivity index (χ3n) is 1.71. The van der Waals surface area contributed by atoms with Gasteiger partial charge in [-0.05, 0) is 40.1 Å². The van der Waals surface area contributed by atoms with Gasteiger partial charge in [0.05, 0.1) is 10.4 Å². The second kappa shape index (κ2) is 2.77. The third kappa shape index (κ3) is 1.06. The fourth-order valence-corrected chi connectivity index (χ4v) is 2.73. The van der Waals surface area contributed by atoms with Crippen molar-refractivity contribution in [2.75, 3.05) is 5.73 Å². The summed E-state index contributed by atoms with van der Waals surface area (Å²) in [6, 6.07) is 3.56. The predicted molar refractivity (Wildman–Crippen MR) is 60.6 cm³/mol. The van der Waals surface area contributed by atoms with E-state index in [1.54, 1.807) is 17.4 Å². The maximum absolute atomic E-state index is 9.51. The molecule has 0 unspecified atom stereocenters. The summed E-state index contributed by atoms with van der Waals surface area (Å²) in [5.74, 6) is 0.310. The van der Waals surface area contributed by atoms with Crippen molar-refractivity contribution in [1.29, 1.82) is 0 Å². The molecule has 1 aromatic carbocycles. The van der Waals surface area contributed by atoms with Crippen LogP contribution in [-0.4, -0.2) is 5.11 Å². The molecule has 0 amide bonds. The number of anilines is 1. The van der Waals surface area contributed by atoms with E-state index in [2.05, 4.69) is 22.6 Å². The van der Waals surface area contributed by atoms with E-state index in [0.717, 1.165) is 19.3 Å². The van der Waals surface area contributed by atoms with Crippen LogP contribution in [0.15, 0.2) is 17.5 Å². The molecule has 62 valence electrons. The van der Waals surface area contributed by atoms with Gasteiger partial charge in [-0.1, -0.05) is 0 Å². The standard InChI is InChI=1S/C8H6INOS/c9-5-3-6(11)4-1-2-12-8(4)7(5)10/h1-3,11H,10H2. The molecule has 0 bridgehead atoms.